The number of hydrogen-bond acceptors (Lipinski definition) is 6. The molecule has 0 aromatic heterocycles. The van der Waals surface area contributed by atoms with Gasteiger partial charge in [0.25, 0.3) is 0 Å². The zero-order valence-electron chi connectivity index (χ0n) is 31.7. The predicted molar refractivity (Wildman–Crippen MR) is 199 cm³/mol. The first-order valence-corrected chi connectivity index (χ1v) is 23.3. The Morgan fingerprint density at radius 1 is 0.273 bits per heavy atom. The molecule has 0 amide bonds. The van der Waals surface area contributed by atoms with E-state index >= 15 is 17.6 Å². The van der Waals surface area contributed by atoms with Gasteiger partial charge in [-0.1, -0.05) is 72.8 Å². The van der Waals surface area contributed by atoms with E-state index in [2.05, 4.69) is 0 Å². The smallest absolute Gasteiger partial charge is 0.202 e. The largest absolute Gasteiger partial charge is 0.460 e. The second kappa shape index (κ2) is 17.2. The van der Waals surface area contributed by atoms with Crippen molar-refractivity contribution < 1.29 is 103 Å². The van der Waals surface area contributed by atoms with Crippen LogP contribution in [0, 0.1) is 0 Å². The number of hydrogen-bond donors (Lipinski definition) is 0. The van der Waals surface area contributed by atoms with Crippen molar-refractivity contribution in [2.45, 2.75) is 75.9 Å². The summed E-state index contributed by atoms with van der Waals surface area (Å²) in [7, 11) is -25.2. The van der Waals surface area contributed by atoms with E-state index in [1.54, 1.807) is 0 Å². The molecule has 0 fully saturated rings. The minimum absolute atomic E-state index is 0.551. The third-order valence-corrected chi connectivity index (χ3v) is 19.5. The Hall–Kier alpha value is -4.64. The van der Waals surface area contributed by atoms with E-state index in [1.807, 2.05) is 0 Å². The summed E-state index contributed by atoms with van der Waals surface area (Å²) in [6, 6.07) is 22.4. The third kappa shape index (κ3) is 8.16. The number of benzene rings is 5. The number of halogens is 18. The van der Waals surface area contributed by atoms with E-state index in [0.717, 1.165) is 97.1 Å². The molecule has 0 spiro atoms. The van der Waals surface area contributed by atoms with Gasteiger partial charge >= 0.3 is 66.8 Å². The van der Waals surface area contributed by atoms with E-state index in [1.165, 1.54) is 24.3 Å². The van der Waals surface area contributed by atoms with Crippen LogP contribution < -0.4 is 0 Å². The quantitative estimate of drug-likeness (QED) is 0.0915. The van der Waals surface area contributed by atoms with Crippen LogP contribution >= 0.6 is 20.6 Å². The summed E-state index contributed by atoms with van der Waals surface area (Å²) in [6.07, 6.45) is -15.0. The number of alkyl halides is 18. The van der Waals surface area contributed by atoms with Gasteiger partial charge in [0, 0.05) is 29.4 Å². The SMILES string of the molecule is O=S(=O)(OS(c1ccccc1)(c1ccccc1)c1ccc(S(OS(=O)(=O)C(F)(F)C(F)(F)C(F)(F)C(F)(F)F)(c2ccccc2)c2ccccc2)cc1)C(F)(F)C(F)(F)C(F)(F)C(F)(F)F. The highest BCUT2D eigenvalue weighted by atomic mass is 32.3. The van der Waals surface area contributed by atoms with Crippen LogP contribution in [-0.2, 0) is 27.5 Å². The zero-order chi connectivity index (χ0) is 49.8. The molecule has 5 aromatic rings. The van der Waals surface area contributed by atoms with Crippen LogP contribution in [0.15, 0.2) is 175 Å². The lowest BCUT2D eigenvalue weighted by atomic mass is 10.1. The molecular formula is C38H24F18O6S4. The summed E-state index contributed by atoms with van der Waals surface area (Å²) in [5, 5.41) is -14.9. The fourth-order valence-electron chi connectivity index (χ4n) is 5.71. The van der Waals surface area contributed by atoms with Crippen molar-refractivity contribution in [3.8, 4) is 0 Å². The van der Waals surface area contributed by atoms with Crippen LogP contribution in [-0.4, -0.2) is 63.4 Å². The van der Waals surface area contributed by atoms with Crippen molar-refractivity contribution in [2.75, 3.05) is 0 Å². The molecule has 0 atom stereocenters. The van der Waals surface area contributed by atoms with Crippen LogP contribution in [0.2, 0.25) is 0 Å². The molecule has 0 saturated heterocycles. The van der Waals surface area contributed by atoms with Gasteiger partial charge in [-0.15, -0.1) is 0 Å². The molecule has 0 aliphatic rings. The van der Waals surface area contributed by atoms with Gasteiger partial charge in [-0.05, 0) is 93.4 Å². The van der Waals surface area contributed by atoms with Gasteiger partial charge in [-0.2, -0.15) is 95.9 Å². The van der Waals surface area contributed by atoms with Gasteiger partial charge < -0.3 is 0 Å². The Bertz CT molecular complexity index is 2440. The maximum atomic E-state index is 15.4. The lowest BCUT2D eigenvalue weighted by Gasteiger charge is -2.43. The second-order valence-electron chi connectivity index (χ2n) is 13.2. The van der Waals surface area contributed by atoms with Gasteiger partial charge in [0.15, 0.2) is 0 Å². The minimum Gasteiger partial charge on any atom is -0.202 e. The fraction of sp³-hybridized carbons (Fsp3) is 0.211. The van der Waals surface area contributed by atoms with Crippen LogP contribution in [0.3, 0.4) is 0 Å². The summed E-state index contributed by atoms with van der Waals surface area (Å²) >= 11 is 0. The normalized spacial score (nSPS) is 15.1. The van der Waals surface area contributed by atoms with E-state index in [-0.39, 0.29) is 0 Å². The highest BCUT2D eigenvalue weighted by molar-refractivity contribution is 8.33. The van der Waals surface area contributed by atoms with Crippen molar-refractivity contribution in [3.05, 3.63) is 146 Å². The topological polar surface area (TPSA) is 86.7 Å². The van der Waals surface area contributed by atoms with Gasteiger partial charge in [-0.3, -0.25) is 0 Å². The Balaban J connectivity index is 1.86. The molecule has 0 saturated carbocycles. The highest BCUT2D eigenvalue weighted by Gasteiger charge is 2.87. The van der Waals surface area contributed by atoms with Crippen LogP contribution in [0.25, 0.3) is 0 Å². The highest BCUT2D eigenvalue weighted by Crippen LogP contribution is 2.74. The summed E-state index contributed by atoms with van der Waals surface area (Å²) < 4.78 is 319. The molecule has 28 heteroatoms. The molecule has 0 radical (unpaired) electrons. The lowest BCUT2D eigenvalue weighted by molar-refractivity contribution is -0.382. The van der Waals surface area contributed by atoms with Crippen molar-refractivity contribution >= 4 is 40.9 Å². The molecule has 0 unspecified atom stereocenters. The first-order valence-electron chi connectivity index (χ1n) is 17.3. The van der Waals surface area contributed by atoms with Gasteiger partial charge in [0.05, 0.1) is 0 Å². The first kappa shape index (κ1) is 52.3. The van der Waals surface area contributed by atoms with Crippen molar-refractivity contribution in [3.63, 3.8) is 0 Å². The maximum Gasteiger partial charge on any atom is 0.460 e. The van der Waals surface area contributed by atoms with Gasteiger partial charge in [-0.25, -0.2) is 7.26 Å². The van der Waals surface area contributed by atoms with Crippen molar-refractivity contribution in [1.82, 2.24) is 0 Å². The molecule has 5 aromatic carbocycles. The van der Waals surface area contributed by atoms with Gasteiger partial charge in [0.2, 0.25) is 0 Å². The van der Waals surface area contributed by atoms with Crippen LogP contribution in [0.1, 0.15) is 0 Å². The molecule has 0 aliphatic carbocycles. The average molecular weight is 1050 g/mol. The van der Waals surface area contributed by atoms with Crippen LogP contribution in [0.5, 0.6) is 0 Å². The Morgan fingerprint density at radius 2 is 0.455 bits per heavy atom. The van der Waals surface area contributed by atoms with Crippen LogP contribution in [0.4, 0.5) is 79.0 Å². The van der Waals surface area contributed by atoms with Crippen molar-refractivity contribution in [1.29, 1.82) is 0 Å². The molecule has 0 aliphatic heterocycles. The lowest BCUT2D eigenvalue weighted by Crippen LogP contribution is -2.63. The molecule has 0 heterocycles. The molecule has 362 valence electrons. The summed E-state index contributed by atoms with van der Waals surface area (Å²) in [5.74, 6) is -31.1. The summed E-state index contributed by atoms with van der Waals surface area (Å²) in [5.41, 5.74) is 0. The summed E-state index contributed by atoms with van der Waals surface area (Å²) in [6.45, 7) is 0. The molecule has 0 bridgehead atoms. The standard InChI is InChI=1S/C38H24F18O6S4/c39-31(40,35(47,48)49)33(43,44)37(53,54)65(57,58)61-63(25-13-5-1-6-14-25,26-15-7-2-8-16-26)29-21-23-30(24-22-29)64(27-17-9-3-10-18-27,28-19-11-4-12-20-28)62-66(59,60)38(55,56)34(45,46)32(41,42)36(50,51)52/h1-24H. The van der Waals surface area contributed by atoms with E-state index < -0.39 is 117 Å². The molecule has 6 nitrogen and oxygen atoms in total. The second-order valence-corrected chi connectivity index (χ2v) is 22.2. The fourth-order valence-corrected chi connectivity index (χ4v) is 16.2. The van der Waals surface area contributed by atoms with E-state index in [4.69, 9.17) is 7.26 Å². The minimum atomic E-state index is -7.81. The Kier molecular flexibility index (Phi) is 13.6. The van der Waals surface area contributed by atoms with Crippen molar-refractivity contribution in [2.24, 2.45) is 0 Å². The molecule has 0 N–H and O–H groups in total. The Morgan fingerprint density at radius 3 is 0.636 bits per heavy atom. The monoisotopic (exact) mass is 1050 g/mol. The molecule has 5 rings (SSSR count). The van der Waals surface area contributed by atoms with Gasteiger partial charge in [0.1, 0.15) is 0 Å². The average Bonchev–Trinajstić information content (AvgIpc) is 3.25. The predicted octanol–water partition coefficient (Wildman–Crippen LogP) is 13.6. The maximum absolute atomic E-state index is 15.4. The molecule has 66 heavy (non-hydrogen) atoms. The Labute approximate surface area is 364 Å². The van der Waals surface area contributed by atoms with E-state index in [0.29, 0.717) is 24.3 Å². The molecular weight excluding hydrogens is 1020 g/mol. The third-order valence-electron chi connectivity index (χ3n) is 9.03. The zero-order valence-corrected chi connectivity index (χ0v) is 35.0. The van der Waals surface area contributed by atoms with E-state index in [9.17, 15) is 78.3 Å². The number of rotatable bonds is 16. The first-order chi connectivity index (χ1) is 30.0. The summed E-state index contributed by atoms with van der Waals surface area (Å²) in [4.78, 5) is -4.24.